The lowest BCUT2D eigenvalue weighted by atomic mass is 10.2. The van der Waals surface area contributed by atoms with E-state index in [1.807, 2.05) is 35.0 Å². The van der Waals surface area contributed by atoms with E-state index in [9.17, 15) is 4.21 Å². The number of nitrogens with zero attached hydrogens (tertiary/aromatic N) is 4. The lowest BCUT2D eigenvalue weighted by molar-refractivity contribution is 0.239. The van der Waals surface area contributed by atoms with Crippen LogP contribution in [0.5, 0.6) is 0 Å². The fourth-order valence-corrected chi connectivity index (χ4v) is 3.93. The highest BCUT2D eigenvalue weighted by Gasteiger charge is 2.25. The van der Waals surface area contributed by atoms with Crippen LogP contribution in [-0.4, -0.2) is 48.8 Å². The third-order valence-corrected chi connectivity index (χ3v) is 5.28. The lowest BCUT2D eigenvalue weighted by Crippen LogP contribution is -2.35. The Morgan fingerprint density at radius 1 is 1.29 bits per heavy atom. The van der Waals surface area contributed by atoms with E-state index in [0.717, 1.165) is 24.5 Å². The van der Waals surface area contributed by atoms with Crippen molar-refractivity contribution in [1.82, 2.24) is 19.7 Å². The standard InChI is InChI=1S/C15H20N4OS/c20-21(15-6-2-1-3-7-15)10-9-18-8-4-5-14(18)11-19-13-16-12-17-19/h1-3,6-7,12-14H,4-5,8-11H2/t14-,21+/m0/s1. The van der Waals surface area contributed by atoms with E-state index < -0.39 is 10.8 Å². The normalized spacial score (nSPS) is 20.7. The molecule has 1 saturated heterocycles. The van der Waals surface area contributed by atoms with Crippen LogP contribution in [0.2, 0.25) is 0 Å². The summed E-state index contributed by atoms with van der Waals surface area (Å²) in [4.78, 5) is 7.34. The second-order valence-electron chi connectivity index (χ2n) is 5.31. The highest BCUT2D eigenvalue weighted by atomic mass is 32.2. The fourth-order valence-electron chi connectivity index (χ4n) is 2.83. The Balaban J connectivity index is 1.53. The van der Waals surface area contributed by atoms with Gasteiger partial charge in [0.2, 0.25) is 0 Å². The molecule has 0 spiro atoms. The van der Waals surface area contributed by atoms with Gasteiger partial charge in [-0.25, -0.2) is 4.98 Å². The molecule has 0 aliphatic carbocycles. The first kappa shape index (κ1) is 14.4. The minimum atomic E-state index is -0.909. The van der Waals surface area contributed by atoms with Crippen molar-refractivity contribution in [2.45, 2.75) is 30.3 Å². The maximum Gasteiger partial charge on any atom is 0.137 e. The molecule has 21 heavy (non-hydrogen) atoms. The summed E-state index contributed by atoms with van der Waals surface area (Å²) >= 11 is 0. The predicted octanol–water partition coefficient (Wildman–Crippen LogP) is 1.55. The summed E-state index contributed by atoms with van der Waals surface area (Å²) in [6.45, 7) is 2.84. The van der Waals surface area contributed by atoms with E-state index in [2.05, 4.69) is 15.0 Å². The SMILES string of the molecule is O=[S@](CCN1CCC[C@H]1Cn1cncn1)c1ccccc1. The van der Waals surface area contributed by atoms with Crippen LogP contribution in [-0.2, 0) is 17.3 Å². The van der Waals surface area contributed by atoms with E-state index in [1.165, 1.54) is 12.8 Å². The predicted molar refractivity (Wildman–Crippen MR) is 82.3 cm³/mol. The van der Waals surface area contributed by atoms with E-state index >= 15 is 0 Å². The van der Waals surface area contributed by atoms with Crippen molar-refractivity contribution < 1.29 is 4.21 Å². The molecule has 0 radical (unpaired) electrons. The van der Waals surface area contributed by atoms with Crippen molar-refractivity contribution in [2.24, 2.45) is 0 Å². The number of likely N-dealkylation sites (tertiary alicyclic amines) is 1. The van der Waals surface area contributed by atoms with Gasteiger partial charge in [-0.1, -0.05) is 18.2 Å². The van der Waals surface area contributed by atoms with Crippen molar-refractivity contribution >= 4 is 10.8 Å². The van der Waals surface area contributed by atoms with E-state index in [4.69, 9.17) is 0 Å². The van der Waals surface area contributed by atoms with Gasteiger partial charge in [-0.05, 0) is 31.5 Å². The summed E-state index contributed by atoms with van der Waals surface area (Å²) in [7, 11) is -0.909. The molecular formula is C15H20N4OS. The minimum absolute atomic E-state index is 0.486. The first-order valence-corrected chi connectivity index (χ1v) is 8.65. The molecule has 1 aromatic heterocycles. The summed E-state index contributed by atoms with van der Waals surface area (Å²) in [5.74, 6) is 0.692. The number of hydrogen-bond acceptors (Lipinski definition) is 4. The molecule has 1 aliphatic rings. The molecule has 2 aromatic rings. The summed E-state index contributed by atoms with van der Waals surface area (Å²) in [6, 6.07) is 10.2. The van der Waals surface area contributed by atoms with Gasteiger partial charge in [0.25, 0.3) is 0 Å². The van der Waals surface area contributed by atoms with Crippen molar-refractivity contribution in [3.8, 4) is 0 Å². The highest BCUT2D eigenvalue weighted by molar-refractivity contribution is 7.85. The van der Waals surface area contributed by atoms with Gasteiger partial charge < -0.3 is 0 Å². The summed E-state index contributed by atoms with van der Waals surface area (Å²) in [5.41, 5.74) is 0. The third-order valence-electron chi connectivity index (χ3n) is 3.93. The van der Waals surface area contributed by atoms with Crippen LogP contribution in [0.4, 0.5) is 0 Å². The monoisotopic (exact) mass is 304 g/mol. The number of aromatic nitrogens is 3. The Kier molecular flexibility index (Phi) is 4.77. The molecule has 0 bridgehead atoms. The van der Waals surface area contributed by atoms with Crippen molar-refractivity contribution in [2.75, 3.05) is 18.8 Å². The molecule has 0 unspecified atom stereocenters. The van der Waals surface area contributed by atoms with Crippen molar-refractivity contribution in [3.05, 3.63) is 43.0 Å². The Hall–Kier alpha value is -1.53. The minimum Gasteiger partial charge on any atom is -0.298 e. The number of benzene rings is 1. The third kappa shape index (κ3) is 3.77. The summed E-state index contributed by atoms with van der Waals surface area (Å²) in [6.07, 6.45) is 5.72. The second-order valence-corrected chi connectivity index (χ2v) is 6.88. The molecule has 2 heterocycles. The first-order valence-electron chi connectivity index (χ1n) is 7.33. The van der Waals surface area contributed by atoms with E-state index in [1.54, 1.807) is 12.7 Å². The lowest BCUT2D eigenvalue weighted by Gasteiger charge is -2.23. The van der Waals surface area contributed by atoms with Gasteiger partial charge in [0, 0.05) is 23.2 Å². The van der Waals surface area contributed by atoms with Crippen LogP contribution in [0.15, 0.2) is 47.9 Å². The van der Waals surface area contributed by atoms with E-state index in [0.29, 0.717) is 11.8 Å². The van der Waals surface area contributed by atoms with Crippen LogP contribution in [0.3, 0.4) is 0 Å². The molecule has 0 N–H and O–H groups in total. The van der Waals surface area contributed by atoms with Gasteiger partial charge in [0.15, 0.2) is 0 Å². The second kappa shape index (κ2) is 6.95. The van der Waals surface area contributed by atoms with Gasteiger partial charge in [-0.3, -0.25) is 13.8 Å². The fraction of sp³-hybridized carbons (Fsp3) is 0.467. The molecular weight excluding hydrogens is 284 g/mol. The first-order chi connectivity index (χ1) is 10.3. The van der Waals surface area contributed by atoms with Crippen LogP contribution in [0, 0.1) is 0 Å². The van der Waals surface area contributed by atoms with Gasteiger partial charge in [0.05, 0.1) is 17.3 Å². The van der Waals surface area contributed by atoms with Crippen LogP contribution < -0.4 is 0 Å². The molecule has 0 amide bonds. The van der Waals surface area contributed by atoms with Crippen molar-refractivity contribution in [1.29, 1.82) is 0 Å². The van der Waals surface area contributed by atoms with Crippen LogP contribution in [0.1, 0.15) is 12.8 Å². The maximum atomic E-state index is 12.3. The summed E-state index contributed by atoms with van der Waals surface area (Å²) < 4.78 is 14.2. The molecule has 1 aromatic carbocycles. The topological polar surface area (TPSA) is 51.0 Å². The summed E-state index contributed by atoms with van der Waals surface area (Å²) in [5, 5.41) is 4.18. The molecule has 3 rings (SSSR count). The highest BCUT2D eigenvalue weighted by Crippen LogP contribution is 2.18. The largest absolute Gasteiger partial charge is 0.298 e. The Morgan fingerprint density at radius 3 is 2.90 bits per heavy atom. The molecule has 0 saturated carbocycles. The van der Waals surface area contributed by atoms with Crippen molar-refractivity contribution in [3.63, 3.8) is 0 Å². The van der Waals surface area contributed by atoms with Gasteiger partial charge in [-0.15, -0.1) is 0 Å². The van der Waals surface area contributed by atoms with Gasteiger partial charge in [0.1, 0.15) is 12.7 Å². The average molecular weight is 304 g/mol. The van der Waals surface area contributed by atoms with Crippen LogP contribution >= 0.6 is 0 Å². The van der Waals surface area contributed by atoms with E-state index in [-0.39, 0.29) is 0 Å². The Bertz CT molecular complexity index is 573. The molecule has 6 heteroatoms. The Morgan fingerprint density at radius 2 is 2.14 bits per heavy atom. The molecule has 112 valence electrons. The zero-order valence-electron chi connectivity index (χ0n) is 12.0. The van der Waals surface area contributed by atoms with Crippen LogP contribution in [0.25, 0.3) is 0 Å². The Labute approximate surface area is 127 Å². The average Bonchev–Trinajstić information content (AvgIpc) is 3.18. The zero-order chi connectivity index (χ0) is 14.5. The van der Waals surface area contributed by atoms with Gasteiger partial charge in [-0.2, -0.15) is 5.10 Å². The molecule has 1 aliphatic heterocycles. The van der Waals surface area contributed by atoms with Gasteiger partial charge >= 0.3 is 0 Å². The number of rotatable bonds is 6. The quantitative estimate of drug-likeness (QED) is 0.812. The molecule has 5 nitrogen and oxygen atoms in total. The smallest absolute Gasteiger partial charge is 0.137 e. The maximum absolute atomic E-state index is 12.3. The molecule has 2 atom stereocenters. The zero-order valence-corrected chi connectivity index (χ0v) is 12.8. The number of hydrogen-bond donors (Lipinski definition) is 0. The molecule has 1 fully saturated rings.